The van der Waals surface area contributed by atoms with E-state index in [0.717, 1.165) is 0 Å². The molecule has 0 unspecified atom stereocenters. The van der Waals surface area contributed by atoms with Crippen LogP contribution in [0.4, 0.5) is 13.2 Å². The van der Waals surface area contributed by atoms with Gasteiger partial charge in [-0.2, -0.15) is 13.2 Å². The summed E-state index contributed by atoms with van der Waals surface area (Å²) < 4.78 is 41.2. The quantitative estimate of drug-likeness (QED) is 0.560. The smallest absolute Gasteiger partial charge is 0.363 e. The minimum absolute atomic E-state index is 0.0617. The van der Waals surface area contributed by atoms with Gasteiger partial charge in [-0.15, -0.1) is 0 Å². The lowest BCUT2D eigenvalue weighted by molar-refractivity contribution is -0.249. The fraction of sp³-hybridized carbons (Fsp3) is 1.00. The predicted molar refractivity (Wildman–Crippen MR) is 37.9 cm³/mol. The third kappa shape index (κ3) is 2.35. The maximum absolute atomic E-state index is 12.1. The zero-order chi connectivity index (χ0) is 9.35. The zero-order valence-corrected chi connectivity index (χ0v) is 7.06. The second-order valence-electron chi connectivity index (χ2n) is 3.20. The van der Waals surface area contributed by atoms with Gasteiger partial charge in [0.05, 0.1) is 6.10 Å². The fourth-order valence-corrected chi connectivity index (χ4v) is 1.34. The largest absolute Gasteiger partial charge is 0.415 e. The number of morpholine rings is 1. The predicted octanol–water partition coefficient (Wildman–Crippen LogP) is 1.27. The summed E-state index contributed by atoms with van der Waals surface area (Å²) in [6.07, 6.45) is -6.19. The van der Waals surface area contributed by atoms with E-state index in [0.29, 0.717) is 6.54 Å². The summed E-state index contributed by atoms with van der Waals surface area (Å²) in [4.78, 5) is 1.63. The molecule has 12 heavy (non-hydrogen) atoms. The first kappa shape index (κ1) is 9.80. The molecular formula is C7H12F3NO. The lowest BCUT2D eigenvalue weighted by atomic mass is 10.2. The van der Waals surface area contributed by atoms with Gasteiger partial charge in [0.2, 0.25) is 0 Å². The minimum Gasteiger partial charge on any atom is -0.363 e. The number of hydrogen-bond acceptors (Lipinski definition) is 2. The summed E-state index contributed by atoms with van der Waals surface area (Å²) in [5.74, 6) is 0. The second kappa shape index (κ2) is 3.22. The minimum atomic E-state index is -4.23. The van der Waals surface area contributed by atoms with E-state index in [1.54, 1.807) is 18.9 Å². The molecular weight excluding hydrogens is 171 g/mol. The van der Waals surface area contributed by atoms with E-state index in [-0.39, 0.29) is 12.6 Å². The molecule has 2 nitrogen and oxygen atoms in total. The van der Waals surface area contributed by atoms with Crippen molar-refractivity contribution in [3.8, 4) is 0 Å². The number of ether oxygens (including phenoxy) is 1. The van der Waals surface area contributed by atoms with Gasteiger partial charge in [-0.05, 0) is 14.0 Å². The molecule has 0 bridgehead atoms. The number of halogens is 3. The lowest BCUT2D eigenvalue weighted by Crippen LogP contribution is -2.50. The number of rotatable bonds is 0. The van der Waals surface area contributed by atoms with E-state index in [1.807, 2.05) is 0 Å². The van der Waals surface area contributed by atoms with Crippen LogP contribution in [0.1, 0.15) is 6.92 Å². The van der Waals surface area contributed by atoms with E-state index < -0.39 is 12.3 Å². The molecule has 0 aromatic rings. The molecule has 1 saturated heterocycles. The van der Waals surface area contributed by atoms with Gasteiger partial charge in [0.15, 0.2) is 6.10 Å². The first-order chi connectivity index (χ1) is 5.39. The third-order valence-electron chi connectivity index (χ3n) is 1.81. The molecule has 72 valence electrons. The Morgan fingerprint density at radius 1 is 1.33 bits per heavy atom. The molecule has 0 spiro atoms. The molecule has 1 fully saturated rings. The van der Waals surface area contributed by atoms with Crippen LogP contribution in [0.25, 0.3) is 0 Å². The van der Waals surface area contributed by atoms with Crippen molar-refractivity contribution < 1.29 is 17.9 Å². The van der Waals surface area contributed by atoms with E-state index in [2.05, 4.69) is 0 Å². The molecule has 0 radical (unpaired) electrons. The molecule has 0 N–H and O–H groups in total. The summed E-state index contributed by atoms with van der Waals surface area (Å²) in [6.45, 7) is 2.15. The van der Waals surface area contributed by atoms with Gasteiger partial charge in [-0.25, -0.2) is 0 Å². The Bertz CT molecular complexity index is 149. The van der Waals surface area contributed by atoms with Crippen molar-refractivity contribution in [3.63, 3.8) is 0 Å². The van der Waals surface area contributed by atoms with E-state index in [4.69, 9.17) is 4.74 Å². The van der Waals surface area contributed by atoms with E-state index in [9.17, 15) is 13.2 Å². The highest BCUT2D eigenvalue weighted by atomic mass is 19.4. The molecule has 0 saturated carbocycles. The van der Waals surface area contributed by atoms with Gasteiger partial charge in [0.25, 0.3) is 0 Å². The van der Waals surface area contributed by atoms with E-state index in [1.165, 1.54) is 0 Å². The maximum Gasteiger partial charge on any atom is 0.415 e. The van der Waals surface area contributed by atoms with Gasteiger partial charge in [-0.1, -0.05) is 0 Å². The SMILES string of the molecule is C[C@H]1CN(C)C[C@@H](C(F)(F)F)O1. The van der Waals surface area contributed by atoms with E-state index >= 15 is 0 Å². The Balaban J connectivity index is 2.55. The molecule has 2 atom stereocenters. The number of alkyl halides is 3. The first-order valence-electron chi connectivity index (χ1n) is 3.80. The third-order valence-corrected chi connectivity index (χ3v) is 1.81. The summed E-state index contributed by atoms with van der Waals surface area (Å²) in [5, 5.41) is 0. The van der Waals surface area contributed by atoms with Crippen LogP contribution in [0.15, 0.2) is 0 Å². The molecule has 0 aromatic heterocycles. The second-order valence-corrected chi connectivity index (χ2v) is 3.20. The molecule has 1 heterocycles. The Kier molecular flexibility index (Phi) is 2.63. The van der Waals surface area contributed by atoms with Crippen LogP contribution in [0.3, 0.4) is 0 Å². The van der Waals surface area contributed by atoms with Crippen molar-refractivity contribution in [2.24, 2.45) is 0 Å². The highest BCUT2D eigenvalue weighted by Gasteiger charge is 2.44. The molecule has 1 aliphatic rings. The standard InChI is InChI=1S/C7H12F3NO/c1-5-3-11(2)4-6(12-5)7(8,9)10/h5-6H,3-4H2,1-2H3/t5-,6-/m0/s1. The number of likely N-dealkylation sites (N-methyl/N-ethyl adjacent to an activating group) is 1. The number of hydrogen-bond donors (Lipinski definition) is 0. The van der Waals surface area contributed by atoms with Gasteiger partial charge >= 0.3 is 6.18 Å². The lowest BCUT2D eigenvalue weighted by Gasteiger charge is -2.35. The van der Waals surface area contributed by atoms with Crippen LogP contribution in [-0.2, 0) is 4.74 Å². The first-order valence-corrected chi connectivity index (χ1v) is 3.80. The molecule has 1 aliphatic heterocycles. The van der Waals surface area contributed by atoms with Gasteiger partial charge in [-0.3, -0.25) is 0 Å². The van der Waals surface area contributed by atoms with Crippen LogP contribution in [0, 0.1) is 0 Å². The molecule has 0 aliphatic carbocycles. The van der Waals surface area contributed by atoms with Crippen molar-refractivity contribution in [1.82, 2.24) is 4.90 Å². The summed E-state index contributed by atoms with van der Waals surface area (Å²) >= 11 is 0. The van der Waals surface area contributed by atoms with Crippen molar-refractivity contribution in [2.75, 3.05) is 20.1 Å². The normalized spacial score (nSPS) is 33.8. The summed E-state index contributed by atoms with van der Waals surface area (Å²) in [5.41, 5.74) is 0. The molecule has 5 heteroatoms. The summed E-state index contributed by atoms with van der Waals surface area (Å²) in [7, 11) is 1.66. The van der Waals surface area contributed by atoms with Gasteiger partial charge in [0.1, 0.15) is 0 Å². The average molecular weight is 183 g/mol. The molecule has 0 amide bonds. The van der Waals surface area contributed by atoms with Crippen molar-refractivity contribution in [3.05, 3.63) is 0 Å². The van der Waals surface area contributed by atoms with Gasteiger partial charge in [0, 0.05) is 13.1 Å². The average Bonchev–Trinajstić information content (AvgIpc) is 1.82. The Morgan fingerprint density at radius 3 is 2.33 bits per heavy atom. The van der Waals surface area contributed by atoms with Crippen molar-refractivity contribution in [2.45, 2.75) is 25.3 Å². The van der Waals surface area contributed by atoms with Crippen molar-refractivity contribution in [1.29, 1.82) is 0 Å². The monoisotopic (exact) mass is 183 g/mol. The zero-order valence-electron chi connectivity index (χ0n) is 7.06. The maximum atomic E-state index is 12.1. The Hall–Kier alpha value is -0.290. The Labute approximate surface area is 69.3 Å². The molecule has 1 rings (SSSR count). The fourth-order valence-electron chi connectivity index (χ4n) is 1.34. The highest BCUT2D eigenvalue weighted by molar-refractivity contribution is 4.78. The van der Waals surface area contributed by atoms with Crippen LogP contribution in [0.5, 0.6) is 0 Å². The van der Waals surface area contributed by atoms with Crippen molar-refractivity contribution >= 4 is 0 Å². The van der Waals surface area contributed by atoms with Crippen LogP contribution in [-0.4, -0.2) is 43.4 Å². The summed E-state index contributed by atoms with van der Waals surface area (Å²) in [6, 6.07) is 0. The number of nitrogens with zero attached hydrogens (tertiary/aromatic N) is 1. The van der Waals surface area contributed by atoms with Gasteiger partial charge < -0.3 is 9.64 Å². The van der Waals surface area contributed by atoms with Crippen LogP contribution < -0.4 is 0 Å². The van der Waals surface area contributed by atoms with Crippen LogP contribution >= 0.6 is 0 Å². The topological polar surface area (TPSA) is 12.5 Å². The Morgan fingerprint density at radius 2 is 1.92 bits per heavy atom. The van der Waals surface area contributed by atoms with Crippen LogP contribution in [0.2, 0.25) is 0 Å². The highest BCUT2D eigenvalue weighted by Crippen LogP contribution is 2.26. The molecule has 0 aromatic carbocycles.